The van der Waals surface area contributed by atoms with Gasteiger partial charge in [0.15, 0.2) is 0 Å². The molecular weight excluding hydrogens is 555 g/mol. The van der Waals surface area contributed by atoms with Crippen molar-refractivity contribution in [3.8, 4) is 32.4 Å². The van der Waals surface area contributed by atoms with Gasteiger partial charge in [0.2, 0.25) is 0 Å². The van der Waals surface area contributed by atoms with E-state index in [4.69, 9.17) is 27.9 Å². The van der Waals surface area contributed by atoms with Crippen molar-refractivity contribution in [2.24, 2.45) is 0 Å². The summed E-state index contributed by atoms with van der Waals surface area (Å²) in [6.45, 7) is 4.07. The lowest BCUT2D eigenvalue weighted by atomic mass is 10.0. The molecule has 2 aromatic heterocycles. The highest BCUT2D eigenvalue weighted by Gasteiger charge is 2.23. The van der Waals surface area contributed by atoms with Crippen LogP contribution in [0.25, 0.3) is 20.9 Å². The van der Waals surface area contributed by atoms with Crippen LogP contribution in [0.2, 0.25) is 10.0 Å². The first kappa shape index (κ1) is 27.1. The number of benzene rings is 2. The molecule has 11 heteroatoms. The number of non-ortho nitro benzene ring substituents is 2. The van der Waals surface area contributed by atoms with Crippen LogP contribution in [0.3, 0.4) is 0 Å². The second kappa shape index (κ2) is 11.6. The van der Waals surface area contributed by atoms with Crippen molar-refractivity contribution in [2.75, 3.05) is 0 Å². The predicted molar refractivity (Wildman–Crippen MR) is 151 cm³/mol. The first-order valence-electron chi connectivity index (χ1n) is 11.5. The molecule has 0 fully saturated rings. The minimum Gasteiger partial charge on any atom is -0.456 e. The number of hydrogen-bond acceptors (Lipinski definition) is 7. The maximum atomic E-state index is 11.6. The van der Waals surface area contributed by atoms with E-state index >= 15 is 0 Å². The highest BCUT2D eigenvalue weighted by Crippen LogP contribution is 2.47. The van der Waals surface area contributed by atoms with Crippen LogP contribution >= 0.6 is 45.9 Å². The van der Waals surface area contributed by atoms with E-state index < -0.39 is 9.85 Å². The Kier molecular flexibility index (Phi) is 8.49. The first-order valence-corrected chi connectivity index (χ1v) is 14.0. The molecule has 0 N–H and O–H groups in total. The van der Waals surface area contributed by atoms with Crippen LogP contribution in [0.4, 0.5) is 11.4 Å². The van der Waals surface area contributed by atoms with Crippen molar-refractivity contribution < 1.29 is 14.6 Å². The summed E-state index contributed by atoms with van der Waals surface area (Å²) in [5.74, 6) is 0.771. The zero-order valence-corrected chi connectivity index (χ0v) is 23.1. The van der Waals surface area contributed by atoms with Gasteiger partial charge in [0.05, 0.1) is 19.9 Å². The van der Waals surface area contributed by atoms with Crippen LogP contribution < -0.4 is 4.74 Å². The van der Waals surface area contributed by atoms with Gasteiger partial charge < -0.3 is 4.74 Å². The average Bonchev–Trinajstić information content (AvgIpc) is 3.42. The average molecular weight is 578 g/mol. The molecule has 0 amide bonds. The lowest BCUT2D eigenvalue weighted by Gasteiger charge is -2.15. The van der Waals surface area contributed by atoms with Gasteiger partial charge >= 0.3 is 0 Å². The summed E-state index contributed by atoms with van der Waals surface area (Å²) in [7, 11) is 0. The molecule has 0 saturated carbocycles. The summed E-state index contributed by atoms with van der Waals surface area (Å²) in [5, 5.41) is 28.0. The number of rotatable bonds is 10. The monoisotopic (exact) mass is 576 g/mol. The van der Waals surface area contributed by atoms with Crippen molar-refractivity contribution in [1.29, 1.82) is 0 Å². The van der Waals surface area contributed by atoms with E-state index in [-0.39, 0.29) is 11.4 Å². The Labute approximate surface area is 231 Å². The molecule has 0 aliphatic heterocycles. The SMILES string of the molecule is CCCc1c(Cl)csc1-c1cc([N+](=O)[O-])ccc1Oc1ccc([N+](=O)[O-])cc1-c1scc(Cl)c1CCC. The molecule has 0 spiro atoms. The Morgan fingerprint density at radius 1 is 0.757 bits per heavy atom. The Balaban J connectivity index is 1.90. The van der Waals surface area contributed by atoms with Gasteiger partial charge in [-0.05, 0) is 36.1 Å². The summed E-state index contributed by atoms with van der Waals surface area (Å²) < 4.78 is 6.39. The van der Waals surface area contributed by atoms with E-state index in [0.717, 1.165) is 33.7 Å². The number of hydrogen-bond donors (Lipinski definition) is 0. The maximum Gasteiger partial charge on any atom is 0.270 e. The summed E-state index contributed by atoms with van der Waals surface area (Å²) in [4.78, 5) is 23.8. The molecule has 0 saturated heterocycles. The van der Waals surface area contributed by atoms with Gasteiger partial charge in [-0.3, -0.25) is 20.2 Å². The number of nitro groups is 2. The van der Waals surface area contributed by atoms with Crippen LogP contribution in [0.5, 0.6) is 11.5 Å². The van der Waals surface area contributed by atoms with Crippen LogP contribution in [-0.2, 0) is 12.8 Å². The zero-order valence-electron chi connectivity index (χ0n) is 20.0. The lowest BCUT2D eigenvalue weighted by molar-refractivity contribution is -0.385. The molecule has 2 aromatic carbocycles. The predicted octanol–water partition coefficient (Wildman–Crippen LogP) is 9.96. The Morgan fingerprint density at radius 2 is 1.16 bits per heavy atom. The van der Waals surface area contributed by atoms with Crippen molar-refractivity contribution >= 4 is 57.3 Å². The fraction of sp³-hybridized carbons (Fsp3) is 0.231. The highest BCUT2D eigenvalue weighted by molar-refractivity contribution is 7.14. The number of thiophene rings is 2. The van der Waals surface area contributed by atoms with E-state index in [9.17, 15) is 20.2 Å². The smallest absolute Gasteiger partial charge is 0.270 e. The standard InChI is InChI=1S/C26H22Cl2N2O5S2/c1-3-5-17-21(27)13-36-25(17)19-11-15(29(31)32)7-9-23(19)35-24-10-8-16(30(33)34)12-20(24)26-18(6-4-2)22(28)14-37-26/h7-14H,3-6H2,1-2H3. The molecule has 4 rings (SSSR count). The molecule has 0 bridgehead atoms. The number of nitrogens with zero attached hydrogens (tertiary/aromatic N) is 2. The summed E-state index contributed by atoms with van der Waals surface area (Å²) >= 11 is 15.7. The highest BCUT2D eigenvalue weighted by atomic mass is 35.5. The second-order valence-electron chi connectivity index (χ2n) is 8.26. The van der Waals surface area contributed by atoms with Crippen molar-refractivity contribution in [1.82, 2.24) is 0 Å². The zero-order chi connectivity index (χ0) is 26.7. The molecular formula is C26H22Cl2N2O5S2. The number of ether oxygens (including phenoxy) is 1. The van der Waals surface area contributed by atoms with Gasteiger partial charge in [0.25, 0.3) is 11.4 Å². The van der Waals surface area contributed by atoms with E-state index in [1.807, 2.05) is 24.6 Å². The molecule has 0 aliphatic carbocycles. The third kappa shape index (κ3) is 5.65. The molecule has 37 heavy (non-hydrogen) atoms. The fourth-order valence-electron chi connectivity index (χ4n) is 4.06. The second-order valence-corrected chi connectivity index (χ2v) is 10.8. The molecule has 0 aliphatic rings. The fourth-order valence-corrected chi connectivity index (χ4v) is 6.82. The van der Waals surface area contributed by atoms with Gasteiger partial charge in [0.1, 0.15) is 11.5 Å². The van der Waals surface area contributed by atoms with Gasteiger partial charge in [-0.15, -0.1) is 22.7 Å². The minimum atomic E-state index is -0.454. The molecule has 7 nitrogen and oxygen atoms in total. The number of halogens is 2. The van der Waals surface area contributed by atoms with Gasteiger partial charge in [-0.25, -0.2) is 0 Å². The van der Waals surface area contributed by atoms with Crippen LogP contribution in [0, 0.1) is 20.2 Å². The topological polar surface area (TPSA) is 95.5 Å². The minimum absolute atomic E-state index is 0.0754. The number of nitro benzene ring substituents is 2. The molecule has 0 unspecified atom stereocenters. The molecule has 0 radical (unpaired) electrons. The van der Waals surface area contributed by atoms with Crippen molar-refractivity contribution in [2.45, 2.75) is 39.5 Å². The Morgan fingerprint density at radius 3 is 1.51 bits per heavy atom. The summed E-state index contributed by atoms with van der Waals surface area (Å²) in [6, 6.07) is 8.82. The van der Waals surface area contributed by atoms with Crippen molar-refractivity contribution in [3.05, 3.63) is 88.6 Å². The van der Waals surface area contributed by atoms with Crippen LogP contribution in [0.1, 0.15) is 37.8 Å². The van der Waals surface area contributed by atoms with Gasteiger partial charge in [-0.2, -0.15) is 0 Å². The molecule has 4 aromatic rings. The normalized spacial score (nSPS) is 11.0. The molecule has 0 atom stereocenters. The first-order chi connectivity index (χ1) is 17.7. The third-order valence-corrected chi connectivity index (χ3v) is 8.79. The van der Waals surface area contributed by atoms with Gasteiger partial charge in [0, 0.05) is 55.9 Å². The van der Waals surface area contributed by atoms with E-state index in [1.165, 1.54) is 46.9 Å². The third-order valence-electron chi connectivity index (χ3n) is 5.74. The Bertz CT molecular complexity index is 1370. The van der Waals surface area contributed by atoms with E-state index in [0.29, 0.717) is 45.5 Å². The quantitative estimate of drug-likeness (QED) is 0.138. The van der Waals surface area contributed by atoms with Crippen LogP contribution in [-0.4, -0.2) is 9.85 Å². The molecule has 192 valence electrons. The van der Waals surface area contributed by atoms with Crippen molar-refractivity contribution in [3.63, 3.8) is 0 Å². The lowest BCUT2D eigenvalue weighted by Crippen LogP contribution is -1.96. The summed E-state index contributed by atoms with van der Waals surface area (Å²) in [5.41, 5.74) is 2.73. The van der Waals surface area contributed by atoms with E-state index in [2.05, 4.69) is 0 Å². The van der Waals surface area contributed by atoms with Gasteiger partial charge in [-0.1, -0.05) is 49.9 Å². The van der Waals surface area contributed by atoms with Crippen LogP contribution in [0.15, 0.2) is 47.2 Å². The largest absolute Gasteiger partial charge is 0.456 e. The summed E-state index contributed by atoms with van der Waals surface area (Å²) in [6.07, 6.45) is 3.11. The van der Waals surface area contributed by atoms with E-state index in [1.54, 1.807) is 12.1 Å². The Hall–Kier alpha value is -2.98. The molecule has 2 heterocycles. The maximum absolute atomic E-state index is 11.6.